The van der Waals surface area contributed by atoms with Gasteiger partial charge in [-0.1, -0.05) is 6.07 Å². The topological polar surface area (TPSA) is 108 Å². The van der Waals surface area contributed by atoms with E-state index in [1.54, 1.807) is 18.3 Å². The van der Waals surface area contributed by atoms with Crippen molar-refractivity contribution < 1.29 is 22.4 Å². The smallest absolute Gasteiger partial charge is 0.243 e. The summed E-state index contributed by atoms with van der Waals surface area (Å²) < 4.78 is 39.8. The molecule has 1 saturated heterocycles. The molecule has 0 radical (unpaired) electrons. The molecule has 30 heavy (non-hydrogen) atoms. The first-order valence-corrected chi connectivity index (χ1v) is 11.0. The van der Waals surface area contributed by atoms with Crippen LogP contribution in [0.1, 0.15) is 18.5 Å². The minimum absolute atomic E-state index is 0.0149. The third-order valence-electron chi connectivity index (χ3n) is 4.82. The van der Waals surface area contributed by atoms with Crippen molar-refractivity contribution in [1.82, 2.24) is 19.9 Å². The molecule has 0 saturated carbocycles. The molecule has 2 aromatic rings. The van der Waals surface area contributed by atoms with Crippen LogP contribution < -0.4 is 10.6 Å². The van der Waals surface area contributed by atoms with Gasteiger partial charge in [-0.25, -0.2) is 12.8 Å². The van der Waals surface area contributed by atoms with Gasteiger partial charge in [-0.2, -0.15) is 4.31 Å². The average Bonchev–Trinajstić information content (AvgIpc) is 2.77. The van der Waals surface area contributed by atoms with Gasteiger partial charge in [0.2, 0.25) is 21.8 Å². The molecule has 0 bridgehead atoms. The summed E-state index contributed by atoms with van der Waals surface area (Å²) in [5, 5.41) is 5.23. The molecule has 160 valence electrons. The monoisotopic (exact) mass is 434 g/mol. The van der Waals surface area contributed by atoms with Crippen molar-refractivity contribution in [3.05, 3.63) is 60.2 Å². The largest absolute Gasteiger partial charge is 0.349 e. The minimum Gasteiger partial charge on any atom is -0.349 e. The van der Waals surface area contributed by atoms with E-state index in [2.05, 4.69) is 15.6 Å². The molecule has 2 amide bonds. The van der Waals surface area contributed by atoms with Crippen LogP contribution in [0.5, 0.6) is 0 Å². The summed E-state index contributed by atoms with van der Waals surface area (Å²) in [4.78, 5) is 28.5. The molecule has 8 nitrogen and oxygen atoms in total. The summed E-state index contributed by atoms with van der Waals surface area (Å²) >= 11 is 0. The number of amides is 2. The summed E-state index contributed by atoms with van der Waals surface area (Å²) in [5.41, 5.74) is 0.700. The molecule has 0 aliphatic carbocycles. The highest BCUT2D eigenvalue weighted by Crippen LogP contribution is 2.24. The number of nitrogens with zero attached hydrogens (tertiary/aromatic N) is 2. The fourth-order valence-electron chi connectivity index (χ4n) is 3.20. The van der Waals surface area contributed by atoms with Gasteiger partial charge >= 0.3 is 0 Å². The van der Waals surface area contributed by atoms with Crippen LogP contribution in [0, 0.1) is 11.7 Å². The van der Waals surface area contributed by atoms with E-state index in [-0.39, 0.29) is 42.9 Å². The number of hydrogen-bond donors (Lipinski definition) is 2. The maximum absolute atomic E-state index is 13.1. The molecule has 1 atom stereocenters. The van der Waals surface area contributed by atoms with E-state index in [4.69, 9.17) is 0 Å². The standard InChI is InChI=1S/C20H23FN4O4S/c21-16-6-8-18(9-7-16)30(28,29)25-11-3-4-15(14-25)20(27)24-13-19(26)23-12-17-5-1-2-10-22-17/h1-2,5-10,15H,3-4,11-14H2,(H,23,26)(H,24,27)/t15-/m0/s1. The van der Waals surface area contributed by atoms with Gasteiger partial charge < -0.3 is 10.6 Å². The maximum Gasteiger partial charge on any atom is 0.243 e. The molecular weight excluding hydrogens is 411 g/mol. The summed E-state index contributed by atoms with van der Waals surface area (Å²) in [6.45, 7) is 0.352. The predicted molar refractivity (Wildman–Crippen MR) is 107 cm³/mol. The van der Waals surface area contributed by atoms with Crippen molar-refractivity contribution in [1.29, 1.82) is 0 Å². The van der Waals surface area contributed by atoms with Gasteiger partial charge in [0.05, 0.1) is 29.6 Å². The molecule has 1 aromatic heterocycles. The Morgan fingerprint density at radius 1 is 1.13 bits per heavy atom. The highest BCUT2D eigenvalue weighted by Gasteiger charge is 2.33. The minimum atomic E-state index is -3.82. The van der Waals surface area contributed by atoms with E-state index in [9.17, 15) is 22.4 Å². The highest BCUT2D eigenvalue weighted by atomic mass is 32.2. The van der Waals surface area contributed by atoms with Gasteiger partial charge in [0.15, 0.2) is 0 Å². The first-order chi connectivity index (χ1) is 14.4. The lowest BCUT2D eigenvalue weighted by atomic mass is 9.99. The zero-order valence-electron chi connectivity index (χ0n) is 16.3. The van der Waals surface area contributed by atoms with Crippen LogP contribution >= 0.6 is 0 Å². The number of halogens is 1. The van der Waals surface area contributed by atoms with E-state index in [1.165, 1.54) is 16.4 Å². The molecule has 0 spiro atoms. The number of carbonyl (C=O) groups is 2. The molecule has 2 heterocycles. The number of sulfonamides is 1. The second-order valence-corrected chi connectivity index (χ2v) is 8.91. The van der Waals surface area contributed by atoms with E-state index < -0.39 is 21.8 Å². The van der Waals surface area contributed by atoms with Crippen LogP contribution in [-0.2, 0) is 26.2 Å². The Labute approximate surface area is 174 Å². The van der Waals surface area contributed by atoms with Crippen LogP contribution in [0.4, 0.5) is 4.39 Å². The van der Waals surface area contributed by atoms with Crippen molar-refractivity contribution in [2.75, 3.05) is 19.6 Å². The Kier molecular flexibility index (Phi) is 7.11. The normalized spacial score (nSPS) is 17.3. The van der Waals surface area contributed by atoms with Crippen LogP contribution in [-0.4, -0.2) is 49.2 Å². The molecule has 3 rings (SSSR count). The van der Waals surface area contributed by atoms with Gasteiger partial charge in [0, 0.05) is 19.3 Å². The molecule has 2 N–H and O–H groups in total. The quantitative estimate of drug-likeness (QED) is 0.677. The van der Waals surface area contributed by atoms with Gasteiger partial charge in [0.25, 0.3) is 0 Å². The van der Waals surface area contributed by atoms with Crippen molar-refractivity contribution in [3.8, 4) is 0 Å². The lowest BCUT2D eigenvalue weighted by Gasteiger charge is -2.31. The summed E-state index contributed by atoms with van der Waals surface area (Å²) in [5.74, 6) is -1.81. The van der Waals surface area contributed by atoms with Crippen molar-refractivity contribution in [2.24, 2.45) is 5.92 Å². The van der Waals surface area contributed by atoms with Crippen molar-refractivity contribution in [3.63, 3.8) is 0 Å². The average molecular weight is 434 g/mol. The fraction of sp³-hybridized carbons (Fsp3) is 0.350. The van der Waals surface area contributed by atoms with Gasteiger partial charge in [0.1, 0.15) is 5.82 Å². The van der Waals surface area contributed by atoms with Crippen molar-refractivity contribution >= 4 is 21.8 Å². The summed E-state index contributed by atoms with van der Waals surface area (Å²) in [7, 11) is -3.82. The number of rotatable bonds is 7. The highest BCUT2D eigenvalue weighted by molar-refractivity contribution is 7.89. The molecule has 0 unspecified atom stereocenters. The Hall–Kier alpha value is -2.85. The third-order valence-corrected chi connectivity index (χ3v) is 6.70. The Morgan fingerprint density at radius 2 is 1.90 bits per heavy atom. The summed E-state index contributed by atoms with van der Waals surface area (Å²) in [6.07, 6.45) is 2.67. The Bertz CT molecular complexity index is 984. The lowest BCUT2D eigenvalue weighted by Crippen LogP contribution is -2.47. The van der Waals surface area contributed by atoms with Gasteiger partial charge in [-0.3, -0.25) is 14.6 Å². The Morgan fingerprint density at radius 3 is 2.60 bits per heavy atom. The predicted octanol–water partition coefficient (Wildman–Crippen LogP) is 1.05. The fourth-order valence-corrected chi connectivity index (χ4v) is 4.72. The number of carbonyl (C=O) groups excluding carboxylic acids is 2. The van der Waals surface area contributed by atoms with E-state index in [0.29, 0.717) is 18.5 Å². The van der Waals surface area contributed by atoms with Gasteiger partial charge in [-0.15, -0.1) is 0 Å². The van der Waals surface area contributed by atoms with Gasteiger partial charge in [-0.05, 0) is 49.2 Å². The van der Waals surface area contributed by atoms with Crippen LogP contribution in [0.15, 0.2) is 53.6 Å². The molecule has 1 aliphatic rings. The molecule has 1 fully saturated rings. The van der Waals surface area contributed by atoms with Crippen molar-refractivity contribution in [2.45, 2.75) is 24.3 Å². The van der Waals surface area contributed by atoms with Crippen LogP contribution in [0.25, 0.3) is 0 Å². The third kappa shape index (κ3) is 5.61. The number of benzene rings is 1. The molecule has 10 heteroatoms. The second-order valence-electron chi connectivity index (χ2n) is 6.97. The SMILES string of the molecule is O=C(CNC(=O)[C@H]1CCCN(S(=O)(=O)c2ccc(F)cc2)C1)NCc1ccccn1. The zero-order valence-corrected chi connectivity index (χ0v) is 17.1. The second kappa shape index (κ2) is 9.77. The number of pyridine rings is 1. The maximum atomic E-state index is 13.1. The summed E-state index contributed by atoms with van der Waals surface area (Å²) in [6, 6.07) is 9.95. The number of piperidine rings is 1. The number of hydrogen-bond acceptors (Lipinski definition) is 5. The first-order valence-electron chi connectivity index (χ1n) is 9.56. The van der Waals surface area contributed by atoms with E-state index in [0.717, 1.165) is 12.1 Å². The molecular formula is C20H23FN4O4S. The van der Waals surface area contributed by atoms with E-state index in [1.807, 2.05) is 6.07 Å². The molecule has 1 aromatic carbocycles. The Balaban J connectivity index is 1.51. The lowest BCUT2D eigenvalue weighted by molar-refractivity contribution is -0.129. The molecule has 1 aliphatic heterocycles. The zero-order chi connectivity index (χ0) is 21.6. The van der Waals surface area contributed by atoms with E-state index >= 15 is 0 Å². The number of nitrogens with one attached hydrogen (secondary N) is 2. The first kappa shape index (κ1) is 21.8. The number of aromatic nitrogens is 1. The van der Waals surface area contributed by atoms with Crippen LogP contribution in [0.2, 0.25) is 0 Å². The van der Waals surface area contributed by atoms with Crippen LogP contribution in [0.3, 0.4) is 0 Å².